The van der Waals surface area contributed by atoms with E-state index < -0.39 is 5.41 Å². The quantitative estimate of drug-likeness (QED) is 0.574. The highest BCUT2D eigenvalue weighted by atomic mass is 35.5. The Morgan fingerprint density at radius 1 is 1.13 bits per heavy atom. The molecule has 0 aliphatic carbocycles. The number of anilines is 1. The molecule has 1 fully saturated rings. The molecule has 4 rings (SSSR count). The largest absolute Gasteiger partial charge is 0.497 e. The van der Waals surface area contributed by atoms with Crippen molar-refractivity contribution in [3.05, 3.63) is 30.6 Å². The van der Waals surface area contributed by atoms with Gasteiger partial charge in [0.05, 0.1) is 18.2 Å². The van der Waals surface area contributed by atoms with Crippen molar-refractivity contribution in [2.24, 2.45) is 5.41 Å². The van der Waals surface area contributed by atoms with Gasteiger partial charge >= 0.3 is 0 Å². The lowest BCUT2D eigenvalue weighted by molar-refractivity contribution is -0.139. The van der Waals surface area contributed by atoms with Gasteiger partial charge in [-0.3, -0.25) is 4.79 Å². The van der Waals surface area contributed by atoms with Crippen LogP contribution in [0.2, 0.25) is 0 Å². The number of piperazine rings is 1. The Balaban J connectivity index is 1.56. The highest BCUT2D eigenvalue weighted by Gasteiger charge is 2.33. The first-order valence-electron chi connectivity index (χ1n) is 9.76. The molecule has 0 unspecified atom stereocenters. The molecular formula is C20H24ClN7O2. The summed E-state index contributed by atoms with van der Waals surface area (Å²) in [5, 5.41) is 8.62. The van der Waals surface area contributed by atoms with Gasteiger partial charge in [0, 0.05) is 32.1 Å². The number of halogens is 1. The normalized spacial score (nSPS) is 14.9. The van der Waals surface area contributed by atoms with Gasteiger partial charge in [-0.05, 0) is 38.1 Å². The number of benzene rings is 1. The first kappa shape index (κ1) is 20.3. The summed E-state index contributed by atoms with van der Waals surface area (Å²) in [6, 6.07) is 7.53. The molecule has 30 heavy (non-hydrogen) atoms. The third kappa shape index (κ3) is 3.65. The number of fused-ring (bicyclic) bond motifs is 1. The molecule has 0 saturated carbocycles. The highest BCUT2D eigenvalue weighted by molar-refractivity contribution is 6.19. The average molecular weight is 430 g/mol. The lowest BCUT2D eigenvalue weighted by Gasteiger charge is -2.38. The summed E-state index contributed by atoms with van der Waals surface area (Å²) in [6.07, 6.45) is 1.52. The van der Waals surface area contributed by atoms with E-state index in [0.717, 1.165) is 17.3 Å². The van der Waals surface area contributed by atoms with Crippen LogP contribution in [0.15, 0.2) is 30.6 Å². The predicted molar refractivity (Wildman–Crippen MR) is 114 cm³/mol. The number of ether oxygens (including phenoxy) is 1. The molecule has 10 heteroatoms. The number of amides is 1. The van der Waals surface area contributed by atoms with Gasteiger partial charge < -0.3 is 14.5 Å². The number of carbonyl (C=O) groups excluding carboxylic acids is 1. The van der Waals surface area contributed by atoms with E-state index in [-0.39, 0.29) is 5.91 Å². The van der Waals surface area contributed by atoms with Crippen LogP contribution in [0.5, 0.6) is 5.75 Å². The first-order valence-corrected chi connectivity index (χ1v) is 10.3. The van der Waals surface area contributed by atoms with Crippen LogP contribution >= 0.6 is 11.6 Å². The SMILES string of the molecule is COc1ccc(-n2nnc3c(N4CCN(C(=O)C(C)(C)CCl)CC4)ncnc32)cc1. The average Bonchev–Trinajstić information content (AvgIpc) is 3.23. The summed E-state index contributed by atoms with van der Waals surface area (Å²) in [6.45, 7) is 6.28. The Kier molecular flexibility index (Phi) is 5.46. The molecule has 1 aromatic carbocycles. The highest BCUT2D eigenvalue weighted by Crippen LogP contribution is 2.26. The van der Waals surface area contributed by atoms with Crippen molar-refractivity contribution < 1.29 is 9.53 Å². The van der Waals surface area contributed by atoms with Crippen LogP contribution in [0.1, 0.15) is 13.8 Å². The molecule has 0 spiro atoms. The van der Waals surface area contributed by atoms with Gasteiger partial charge in [0.1, 0.15) is 12.1 Å². The third-order valence-electron chi connectivity index (χ3n) is 5.31. The molecule has 1 aliphatic heterocycles. The minimum Gasteiger partial charge on any atom is -0.497 e. The van der Waals surface area contributed by atoms with E-state index in [1.807, 2.05) is 43.0 Å². The van der Waals surface area contributed by atoms with E-state index in [0.29, 0.717) is 43.2 Å². The molecule has 1 aliphatic rings. The smallest absolute Gasteiger partial charge is 0.229 e. The van der Waals surface area contributed by atoms with Crippen LogP contribution in [-0.4, -0.2) is 74.9 Å². The molecule has 1 saturated heterocycles. The third-order valence-corrected chi connectivity index (χ3v) is 5.98. The van der Waals surface area contributed by atoms with Gasteiger partial charge in [-0.1, -0.05) is 5.21 Å². The zero-order valence-electron chi connectivity index (χ0n) is 17.2. The van der Waals surface area contributed by atoms with Crippen molar-refractivity contribution in [2.75, 3.05) is 44.1 Å². The monoisotopic (exact) mass is 429 g/mol. The molecule has 158 valence electrons. The van der Waals surface area contributed by atoms with Gasteiger partial charge in [-0.25, -0.2) is 9.97 Å². The van der Waals surface area contributed by atoms with E-state index in [2.05, 4.69) is 25.2 Å². The molecule has 0 radical (unpaired) electrons. The van der Waals surface area contributed by atoms with Crippen molar-refractivity contribution in [3.8, 4) is 11.4 Å². The van der Waals surface area contributed by atoms with Crippen LogP contribution in [0.4, 0.5) is 5.82 Å². The summed E-state index contributed by atoms with van der Waals surface area (Å²) in [5.41, 5.74) is 1.54. The fourth-order valence-electron chi connectivity index (χ4n) is 3.47. The van der Waals surface area contributed by atoms with Gasteiger partial charge in [-0.2, -0.15) is 4.68 Å². The molecule has 0 N–H and O–H groups in total. The molecule has 3 aromatic rings. The van der Waals surface area contributed by atoms with E-state index in [4.69, 9.17) is 16.3 Å². The number of rotatable bonds is 5. The van der Waals surface area contributed by atoms with E-state index in [1.54, 1.807) is 11.8 Å². The summed E-state index contributed by atoms with van der Waals surface area (Å²) in [5.74, 6) is 1.87. The number of hydrogen-bond acceptors (Lipinski definition) is 7. The Bertz CT molecular complexity index is 1040. The molecule has 1 amide bonds. The Morgan fingerprint density at radius 3 is 2.47 bits per heavy atom. The number of carbonyl (C=O) groups is 1. The van der Waals surface area contributed by atoms with Crippen molar-refractivity contribution in [1.82, 2.24) is 29.9 Å². The van der Waals surface area contributed by atoms with Gasteiger partial charge in [-0.15, -0.1) is 16.7 Å². The number of nitrogens with zero attached hydrogens (tertiary/aromatic N) is 7. The van der Waals surface area contributed by atoms with Gasteiger partial charge in [0.25, 0.3) is 0 Å². The zero-order chi connectivity index (χ0) is 21.3. The topological polar surface area (TPSA) is 89.3 Å². The van der Waals surface area contributed by atoms with Gasteiger partial charge in [0.15, 0.2) is 17.0 Å². The van der Waals surface area contributed by atoms with Gasteiger partial charge in [0.2, 0.25) is 5.91 Å². The maximum absolute atomic E-state index is 12.7. The van der Waals surface area contributed by atoms with Crippen molar-refractivity contribution in [3.63, 3.8) is 0 Å². The number of aromatic nitrogens is 5. The van der Waals surface area contributed by atoms with Crippen molar-refractivity contribution >= 4 is 34.5 Å². The number of alkyl halides is 1. The summed E-state index contributed by atoms with van der Waals surface area (Å²) < 4.78 is 6.90. The molecule has 9 nitrogen and oxygen atoms in total. The minimum atomic E-state index is -0.563. The summed E-state index contributed by atoms with van der Waals surface area (Å²) in [7, 11) is 1.63. The van der Waals surface area contributed by atoms with E-state index in [9.17, 15) is 4.79 Å². The lowest BCUT2D eigenvalue weighted by Crippen LogP contribution is -2.52. The maximum Gasteiger partial charge on any atom is 0.229 e. The van der Waals surface area contributed by atoms with Crippen LogP contribution in [-0.2, 0) is 4.79 Å². The van der Waals surface area contributed by atoms with Crippen LogP contribution in [0, 0.1) is 5.41 Å². The van der Waals surface area contributed by atoms with E-state index >= 15 is 0 Å². The Labute approximate surface area is 179 Å². The van der Waals surface area contributed by atoms with Crippen LogP contribution in [0.25, 0.3) is 16.9 Å². The second-order valence-corrected chi connectivity index (χ2v) is 8.13. The second kappa shape index (κ2) is 8.06. The second-order valence-electron chi connectivity index (χ2n) is 7.87. The fourth-order valence-corrected chi connectivity index (χ4v) is 3.59. The first-order chi connectivity index (χ1) is 14.4. The van der Waals surface area contributed by atoms with Crippen molar-refractivity contribution in [2.45, 2.75) is 13.8 Å². The number of hydrogen-bond donors (Lipinski definition) is 0. The van der Waals surface area contributed by atoms with Crippen LogP contribution < -0.4 is 9.64 Å². The standard InChI is InChI=1S/C20H24ClN7O2/c1-20(2,12-21)19(29)27-10-8-26(9-11-27)17-16-18(23-13-22-17)28(25-24-16)14-4-6-15(30-3)7-5-14/h4-7,13H,8-12H2,1-3H3. The lowest BCUT2D eigenvalue weighted by atomic mass is 9.94. The zero-order valence-corrected chi connectivity index (χ0v) is 18.0. The molecule has 3 heterocycles. The number of methoxy groups -OCH3 is 1. The molecule has 2 aromatic heterocycles. The molecule has 0 atom stereocenters. The predicted octanol–water partition coefficient (Wildman–Crippen LogP) is 2.13. The Hall–Kier alpha value is -2.94. The molecule has 0 bridgehead atoms. The minimum absolute atomic E-state index is 0.0791. The van der Waals surface area contributed by atoms with E-state index in [1.165, 1.54) is 6.33 Å². The maximum atomic E-state index is 12.7. The van der Waals surface area contributed by atoms with Crippen LogP contribution in [0.3, 0.4) is 0 Å². The van der Waals surface area contributed by atoms with Crippen molar-refractivity contribution in [1.29, 1.82) is 0 Å². The summed E-state index contributed by atoms with van der Waals surface area (Å²) in [4.78, 5) is 25.5. The molecular weight excluding hydrogens is 406 g/mol. The summed E-state index contributed by atoms with van der Waals surface area (Å²) >= 11 is 5.97. The fraction of sp³-hybridized carbons (Fsp3) is 0.450. The Morgan fingerprint density at radius 2 is 1.83 bits per heavy atom.